The fourth-order valence-corrected chi connectivity index (χ4v) is 2.91. The van der Waals surface area contributed by atoms with Crippen molar-refractivity contribution in [2.24, 2.45) is 5.92 Å². The topological polar surface area (TPSA) is 23.6 Å². The van der Waals surface area contributed by atoms with Crippen LogP contribution >= 0.6 is 11.6 Å². The van der Waals surface area contributed by atoms with Gasteiger partial charge in [0.25, 0.3) is 0 Å². The van der Waals surface area contributed by atoms with Crippen molar-refractivity contribution in [2.75, 3.05) is 31.1 Å². The van der Waals surface area contributed by atoms with Gasteiger partial charge in [0.05, 0.1) is 0 Å². The van der Waals surface area contributed by atoms with Gasteiger partial charge in [0.15, 0.2) is 0 Å². The lowest BCUT2D eigenvalue weighted by atomic mass is 10.0. The van der Waals surface area contributed by atoms with Gasteiger partial charge >= 0.3 is 0 Å². The van der Waals surface area contributed by atoms with Gasteiger partial charge in [-0.05, 0) is 24.6 Å². The molecule has 1 aromatic rings. The monoisotopic (exact) mass is 294 g/mol. The van der Waals surface area contributed by atoms with Crippen molar-refractivity contribution < 1.29 is 4.79 Å². The zero-order chi connectivity index (χ0) is 14.5. The van der Waals surface area contributed by atoms with Gasteiger partial charge in [-0.1, -0.05) is 37.9 Å². The van der Waals surface area contributed by atoms with Crippen molar-refractivity contribution in [2.45, 2.75) is 26.7 Å². The van der Waals surface area contributed by atoms with E-state index in [4.69, 9.17) is 11.6 Å². The minimum absolute atomic E-state index is 0.151. The van der Waals surface area contributed by atoms with Crippen LogP contribution in [0, 0.1) is 5.92 Å². The second-order valence-electron chi connectivity index (χ2n) is 5.48. The molecule has 1 amide bonds. The summed E-state index contributed by atoms with van der Waals surface area (Å²) < 4.78 is 0. The third-order valence-corrected chi connectivity index (χ3v) is 4.14. The highest BCUT2D eigenvalue weighted by Gasteiger charge is 2.24. The van der Waals surface area contributed by atoms with Crippen molar-refractivity contribution in [1.29, 1.82) is 0 Å². The second kappa shape index (κ2) is 6.98. The number of carbonyl (C=O) groups is 1. The van der Waals surface area contributed by atoms with Crippen molar-refractivity contribution in [1.82, 2.24) is 4.90 Å². The molecule has 0 bridgehead atoms. The van der Waals surface area contributed by atoms with Crippen LogP contribution in [0.25, 0.3) is 0 Å². The predicted molar refractivity (Wildman–Crippen MR) is 84.3 cm³/mol. The Morgan fingerprint density at radius 3 is 2.60 bits per heavy atom. The number of carbonyl (C=O) groups excluding carboxylic acids is 1. The first-order valence-electron chi connectivity index (χ1n) is 7.41. The van der Waals surface area contributed by atoms with Crippen molar-refractivity contribution >= 4 is 23.2 Å². The first-order valence-corrected chi connectivity index (χ1v) is 7.79. The van der Waals surface area contributed by atoms with Gasteiger partial charge in [-0.3, -0.25) is 4.79 Å². The first kappa shape index (κ1) is 15.2. The Balaban J connectivity index is 1.91. The van der Waals surface area contributed by atoms with Gasteiger partial charge in [0.2, 0.25) is 5.91 Å². The summed E-state index contributed by atoms with van der Waals surface area (Å²) in [6, 6.07) is 7.91. The van der Waals surface area contributed by atoms with Crippen LogP contribution in [-0.2, 0) is 4.79 Å². The van der Waals surface area contributed by atoms with E-state index in [1.807, 2.05) is 30.0 Å². The van der Waals surface area contributed by atoms with E-state index in [9.17, 15) is 4.79 Å². The van der Waals surface area contributed by atoms with Crippen LogP contribution in [0.1, 0.15) is 26.7 Å². The molecule has 1 aromatic carbocycles. The molecule has 0 saturated carbocycles. The average Bonchev–Trinajstić information content (AvgIpc) is 2.47. The van der Waals surface area contributed by atoms with Gasteiger partial charge in [-0.15, -0.1) is 0 Å². The largest absolute Gasteiger partial charge is 0.368 e. The van der Waals surface area contributed by atoms with E-state index in [1.54, 1.807) is 0 Å². The quantitative estimate of drug-likeness (QED) is 0.849. The number of halogens is 1. The molecule has 20 heavy (non-hydrogen) atoms. The number of nitrogens with zero attached hydrogens (tertiary/aromatic N) is 2. The van der Waals surface area contributed by atoms with Crippen molar-refractivity contribution in [3.05, 3.63) is 29.3 Å². The number of hydrogen-bond donors (Lipinski definition) is 0. The maximum Gasteiger partial charge on any atom is 0.225 e. The van der Waals surface area contributed by atoms with Crippen LogP contribution in [0.4, 0.5) is 5.69 Å². The average molecular weight is 295 g/mol. The van der Waals surface area contributed by atoms with E-state index in [1.165, 1.54) is 0 Å². The lowest BCUT2D eigenvalue weighted by molar-refractivity contribution is -0.135. The Bertz CT molecular complexity index is 456. The summed E-state index contributed by atoms with van der Waals surface area (Å²) in [6.45, 7) is 7.53. The number of amides is 1. The lowest BCUT2D eigenvalue weighted by Gasteiger charge is -2.37. The van der Waals surface area contributed by atoms with Crippen molar-refractivity contribution in [3.8, 4) is 0 Å². The highest BCUT2D eigenvalue weighted by atomic mass is 35.5. The van der Waals surface area contributed by atoms with E-state index in [0.717, 1.165) is 49.7 Å². The van der Waals surface area contributed by atoms with Crippen LogP contribution in [0.2, 0.25) is 5.02 Å². The Kier molecular flexibility index (Phi) is 5.30. The number of anilines is 1. The summed E-state index contributed by atoms with van der Waals surface area (Å²) >= 11 is 6.03. The molecule has 0 radical (unpaired) electrons. The van der Waals surface area contributed by atoms with E-state index >= 15 is 0 Å². The van der Waals surface area contributed by atoms with Gasteiger partial charge in [-0.2, -0.15) is 0 Å². The molecule has 1 unspecified atom stereocenters. The summed E-state index contributed by atoms with van der Waals surface area (Å²) in [4.78, 5) is 16.6. The maximum atomic E-state index is 12.3. The summed E-state index contributed by atoms with van der Waals surface area (Å²) in [5.41, 5.74) is 1.14. The second-order valence-corrected chi connectivity index (χ2v) is 5.92. The Morgan fingerprint density at radius 2 is 2.00 bits per heavy atom. The highest BCUT2D eigenvalue weighted by Crippen LogP contribution is 2.21. The van der Waals surface area contributed by atoms with Gasteiger partial charge in [0, 0.05) is 42.8 Å². The Labute approximate surface area is 126 Å². The first-order chi connectivity index (χ1) is 9.61. The van der Waals surface area contributed by atoms with E-state index in [2.05, 4.69) is 17.9 Å². The molecule has 2 rings (SSSR count). The number of hydrogen-bond acceptors (Lipinski definition) is 2. The summed E-state index contributed by atoms with van der Waals surface area (Å²) in [7, 11) is 0. The Morgan fingerprint density at radius 1 is 1.30 bits per heavy atom. The number of benzene rings is 1. The minimum atomic E-state index is 0.151. The molecule has 1 heterocycles. The standard InChI is InChI=1S/C16H23ClN2O/c1-3-5-13(2)16(20)19-10-8-18(9-11-19)15-7-4-6-14(17)12-15/h4,6-7,12-13H,3,5,8-11H2,1-2H3. The third-order valence-electron chi connectivity index (χ3n) is 3.91. The fraction of sp³-hybridized carbons (Fsp3) is 0.562. The van der Waals surface area contributed by atoms with Gasteiger partial charge in [0.1, 0.15) is 0 Å². The number of piperazine rings is 1. The molecule has 110 valence electrons. The lowest BCUT2D eigenvalue weighted by Crippen LogP contribution is -2.50. The van der Waals surface area contributed by atoms with Gasteiger partial charge in [-0.25, -0.2) is 0 Å². The van der Waals surface area contributed by atoms with E-state index in [-0.39, 0.29) is 5.92 Å². The summed E-state index contributed by atoms with van der Waals surface area (Å²) in [5.74, 6) is 0.454. The molecular weight excluding hydrogens is 272 g/mol. The molecule has 0 N–H and O–H groups in total. The zero-order valence-electron chi connectivity index (χ0n) is 12.3. The summed E-state index contributed by atoms with van der Waals surface area (Å²) in [5, 5.41) is 0.762. The molecule has 1 fully saturated rings. The van der Waals surface area contributed by atoms with Crippen LogP contribution in [0.5, 0.6) is 0 Å². The third kappa shape index (κ3) is 3.66. The molecule has 1 aliphatic heterocycles. The minimum Gasteiger partial charge on any atom is -0.368 e. The van der Waals surface area contributed by atoms with Crippen LogP contribution in [-0.4, -0.2) is 37.0 Å². The van der Waals surface area contributed by atoms with Crippen LogP contribution < -0.4 is 4.90 Å². The van der Waals surface area contributed by atoms with Crippen LogP contribution in [0.3, 0.4) is 0 Å². The molecule has 1 aliphatic rings. The van der Waals surface area contributed by atoms with E-state index < -0.39 is 0 Å². The molecule has 4 heteroatoms. The highest BCUT2D eigenvalue weighted by molar-refractivity contribution is 6.30. The summed E-state index contributed by atoms with van der Waals surface area (Å²) in [6.07, 6.45) is 2.04. The predicted octanol–water partition coefficient (Wildman–Crippen LogP) is 3.42. The van der Waals surface area contributed by atoms with Gasteiger partial charge < -0.3 is 9.80 Å². The zero-order valence-corrected chi connectivity index (χ0v) is 13.1. The molecule has 3 nitrogen and oxygen atoms in total. The molecular formula is C16H23ClN2O. The normalized spacial score (nSPS) is 17.1. The smallest absolute Gasteiger partial charge is 0.225 e. The maximum absolute atomic E-state index is 12.3. The molecule has 1 atom stereocenters. The molecule has 1 saturated heterocycles. The number of rotatable bonds is 4. The molecule has 0 spiro atoms. The fourth-order valence-electron chi connectivity index (χ4n) is 2.73. The van der Waals surface area contributed by atoms with E-state index in [0.29, 0.717) is 5.91 Å². The van der Waals surface area contributed by atoms with Crippen LogP contribution in [0.15, 0.2) is 24.3 Å². The molecule has 0 aliphatic carbocycles. The molecule has 0 aromatic heterocycles. The SMILES string of the molecule is CCCC(C)C(=O)N1CCN(c2cccc(Cl)c2)CC1. The Hall–Kier alpha value is -1.22. The van der Waals surface area contributed by atoms with Crippen molar-refractivity contribution in [3.63, 3.8) is 0 Å².